The molecule has 1 aliphatic rings. The van der Waals surface area contributed by atoms with Crippen molar-refractivity contribution in [3.05, 3.63) is 63.3 Å². The summed E-state index contributed by atoms with van der Waals surface area (Å²) >= 11 is 6.13. The van der Waals surface area contributed by atoms with Gasteiger partial charge in [-0.15, -0.1) is 0 Å². The number of amides is 1. The van der Waals surface area contributed by atoms with Crippen LogP contribution in [0.2, 0.25) is 5.02 Å². The summed E-state index contributed by atoms with van der Waals surface area (Å²) in [5.74, 6) is -0.534. The van der Waals surface area contributed by atoms with E-state index in [1.165, 1.54) is 46.9 Å². The van der Waals surface area contributed by atoms with E-state index in [4.69, 9.17) is 11.6 Å². The van der Waals surface area contributed by atoms with E-state index in [0.29, 0.717) is 24.0 Å². The Morgan fingerprint density at radius 2 is 1.90 bits per heavy atom. The lowest BCUT2D eigenvalue weighted by molar-refractivity contribution is -0.384. The molecule has 2 heterocycles. The van der Waals surface area contributed by atoms with Gasteiger partial charge in [-0.3, -0.25) is 14.9 Å². The third kappa shape index (κ3) is 3.64. The first-order valence-electron chi connectivity index (χ1n) is 9.14. The molecule has 0 spiro atoms. The van der Waals surface area contributed by atoms with Crippen molar-refractivity contribution >= 4 is 49.8 Å². The van der Waals surface area contributed by atoms with Gasteiger partial charge in [-0.1, -0.05) is 11.6 Å². The van der Waals surface area contributed by atoms with Crippen LogP contribution >= 0.6 is 11.6 Å². The summed E-state index contributed by atoms with van der Waals surface area (Å²) in [6, 6.07) is 8.42. The van der Waals surface area contributed by atoms with Crippen molar-refractivity contribution in [2.24, 2.45) is 0 Å². The lowest BCUT2D eigenvalue weighted by atomic mass is 10.1. The number of halogens is 1. The smallest absolute Gasteiger partial charge is 0.270 e. The number of nitrogens with zero attached hydrogens (tertiary/aromatic N) is 2. The first-order valence-corrected chi connectivity index (χ1v) is 11.0. The molecule has 0 saturated carbocycles. The molecule has 0 unspecified atom stereocenters. The lowest BCUT2D eigenvalue weighted by Crippen LogP contribution is -2.28. The van der Waals surface area contributed by atoms with Crippen LogP contribution in [0.4, 0.5) is 11.4 Å². The molecule has 0 radical (unpaired) electrons. The van der Waals surface area contributed by atoms with Crippen LogP contribution in [0, 0.1) is 10.1 Å². The van der Waals surface area contributed by atoms with Crippen molar-refractivity contribution in [1.29, 1.82) is 0 Å². The number of benzene rings is 2. The van der Waals surface area contributed by atoms with Gasteiger partial charge in [0.2, 0.25) is 10.0 Å². The number of anilines is 1. The predicted molar refractivity (Wildman–Crippen MR) is 112 cm³/mol. The molecule has 9 nitrogen and oxygen atoms in total. The number of H-pyrrole nitrogens is 1. The third-order valence-electron chi connectivity index (χ3n) is 4.99. The van der Waals surface area contributed by atoms with Crippen LogP contribution in [0.3, 0.4) is 0 Å². The Labute approximate surface area is 176 Å². The number of aromatic amines is 1. The number of nitro benzene ring substituents is 1. The molecule has 0 aliphatic carbocycles. The number of nitro groups is 1. The summed E-state index contributed by atoms with van der Waals surface area (Å²) < 4.78 is 27.1. The molecule has 1 aliphatic heterocycles. The molecule has 2 aromatic carbocycles. The zero-order chi connectivity index (χ0) is 21.5. The van der Waals surface area contributed by atoms with Gasteiger partial charge in [-0.05, 0) is 37.1 Å². The maximum Gasteiger partial charge on any atom is 0.270 e. The van der Waals surface area contributed by atoms with E-state index in [2.05, 4.69) is 10.3 Å². The van der Waals surface area contributed by atoms with E-state index < -0.39 is 20.9 Å². The maximum atomic E-state index is 12.9. The molecule has 1 aromatic heterocycles. The third-order valence-corrected chi connectivity index (χ3v) is 7.37. The Kier molecular flexibility index (Phi) is 5.22. The second-order valence-electron chi connectivity index (χ2n) is 6.90. The first-order chi connectivity index (χ1) is 14.3. The van der Waals surface area contributed by atoms with Crippen LogP contribution in [0.15, 0.2) is 47.5 Å². The SMILES string of the molecule is O=C(Nc1ccc(Cl)c(S(=O)(=O)N2CCCC2)c1)c1c[nH]c2ccc([N+](=O)[O-])cc12. The summed E-state index contributed by atoms with van der Waals surface area (Å²) in [5.41, 5.74) is 0.885. The topological polar surface area (TPSA) is 125 Å². The molecule has 0 bridgehead atoms. The van der Waals surface area contributed by atoms with Gasteiger partial charge < -0.3 is 10.3 Å². The van der Waals surface area contributed by atoms with Crippen LogP contribution in [0.5, 0.6) is 0 Å². The van der Waals surface area contributed by atoms with Crippen molar-refractivity contribution in [2.45, 2.75) is 17.7 Å². The quantitative estimate of drug-likeness (QED) is 0.454. The molecule has 156 valence electrons. The predicted octanol–water partition coefficient (Wildman–Crippen LogP) is 3.77. The average Bonchev–Trinajstić information content (AvgIpc) is 3.39. The Morgan fingerprint density at radius 1 is 1.17 bits per heavy atom. The van der Waals surface area contributed by atoms with Crippen LogP contribution in [0.25, 0.3) is 10.9 Å². The number of carbonyl (C=O) groups is 1. The number of hydrogen-bond donors (Lipinski definition) is 2. The molecule has 1 fully saturated rings. The molecule has 30 heavy (non-hydrogen) atoms. The number of non-ortho nitro benzene ring substituents is 1. The number of rotatable bonds is 5. The Bertz CT molecular complexity index is 1270. The van der Waals surface area contributed by atoms with Crippen LogP contribution in [0.1, 0.15) is 23.2 Å². The van der Waals surface area contributed by atoms with E-state index in [1.54, 1.807) is 0 Å². The van der Waals surface area contributed by atoms with Gasteiger partial charge in [-0.2, -0.15) is 4.31 Å². The molecule has 11 heteroatoms. The minimum Gasteiger partial charge on any atom is -0.360 e. The lowest BCUT2D eigenvalue weighted by Gasteiger charge is -2.17. The maximum absolute atomic E-state index is 12.9. The fraction of sp³-hybridized carbons (Fsp3) is 0.211. The number of nitrogens with one attached hydrogen (secondary N) is 2. The van der Waals surface area contributed by atoms with E-state index in [-0.39, 0.29) is 26.9 Å². The number of sulfonamides is 1. The molecule has 1 saturated heterocycles. The largest absolute Gasteiger partial charge is 0.360 e. The molecule has 3 aromatic rings. The van der Waals surface area contributed by atoms with E-state index in [0.717, 1.165) is 12.8 Å². The summed E-state index contributed by atoms with van der Waals surface area (Å²) in [7, 11) is -3.76. The fourth-order valence-corrected chi connectivity index (χ4v) is 5.47. The van der Waals surface area contributed by atoms with Crippen LogP contribution < -0.4 is 5.32 Å². The van der Waals surface area contributed by atoms with Gasteiger partial charge in [0.05, 0.1) is 15.5 Å². The zero-order valence-electron chi connectivity index (χ0n) is 15.6. The van der Waals surface area contributed by atoms with Gasteiger partial charge >= 0.3 is 0 Å². The zero-order valence-corrected chi connectivity index (χ0v) is 17.2. The molecule has 0 atom stereocenters. The number of aromatic nitrogens is 1. The van der Waals surface area contributed by atoms with Crippen LogP contribution in [-0.4, -0.2) is 41.6 Å². The monoisotopic (exact) mass is 448 g/mol. The van der Waals surface area contributed by atoms with Crippen molar-refractivity contribution in [3.8, 4) is 0 Å². The van der Waals surface area contributed by atoms with E-state index >= 15 is 0 Å². The molecular formula is C19H17ClN4O5S. The average molecular weight is 449 g/mol. The molecule has 4 rings (SSSR count). The highest BCUT2D eigenvalue weighted by Gasteiger charge is 2.29. The van der Waals surface area contributed by atoms with Gasteiger partial charge in [0.15, 0.2) is 0 Å². The van der Waals surface area contributed by atoms with Crippen molar-refractivity contribution < 1.29 is 18.1 Å². The number of carbonyl (C=O) groups excluding carboxylic acids is 1. The Balaban J connectivity index is 1.65. The fourth-order valence-electron chi connectivity index (χ4n) is 3.45. The highest BCUT2D eigenvalue weighted by Crippen LogP contribution is 2.30. The van der Waals surface area contributed by atoms with Crippen molar-refractivity contribution in [2.75, 3.05) is 18.4 Å². The second-order valence-corrected chi connectivity index (χ2v) is 9.21. The summed E-state index contributed by atoms with van der Waals surface area (Å²) in [5, 5.41) is 14.1. The van der Waals surface area contributed by atoms with Gasteiger partial charge in [0.25, 0.3) is 11.6 Å². The minimum atomic E-state index is -3.76. The van der Waals surface area contributed by atoms with E-state index in [9.17, 15) is 23.3 Å². The summed E-state index contributed by atoms with van der Waals surface area (Å²) in [4.78, 5) is 26.1. The standard InChI is InChI=1S/C19H17ClN4O5S/c20-16-5-3-12(9-18(16)30(28,29)23-7-1-2-8-23)22-19(25)15-11-21-17-6-4-13(24(26)27)10-14(15)17/h3-6,9-11,21H,1-2,7-8H2,(H,22,25). The summed E-state index contributed by atoms with van der Waals surface area (Å²) in [6.07, 6.45) is 3.03. The Morgan fingerprint density at radius 3 is 2.60 bits per heavy atom. The van der Waals surface area contributed by atoms with Crippen LogP contribution in [-0.2, 0) is 10.0 Å². The van der Waals surface area contributed by atoms with Gasteiger partial charge in [-0.25, -0.2) is 8.42 Å². The van der Waals surface area contributed by atoms with Crippen molar-refractivity contribution in [1.82, 2.24) is 9.29 Å². The molecular weight excluding hydrogens is 432 g/mol. The number of hydrogen-bond acceptors (Lipinski definition) is 5. The normalized spacial score (nSPS) is 14.8. The van der Waals surface area contributed by atoms with Gasteiger partial charge in [0.1, 0.15) is 4.90 Å². The van der Waals surface area contributed by atoms with Gasteiger partial charge in [0, 0.05) is 48.0 Å². The minimum absolute atomic E-state index is 0.0709. The first kappa shape index (κ1) is 20.3. The van der Waals surface area contributed by atoms with Crippen molar-refractivity contribution in [3.63, 3.8) is 0 Å². The highest BCUT2D eigenvalue weighted by atomic mass is 35.5. The second kappa shape index (κ2) is 7.71. The molecule has 1 amide bonds. The molecule has 2 N–H and O–H groups in total. The Hall–Kier alpha value is -2.95. The highest BCUT2D eigenvalue weighted by molar-refractivity contribution is 7.89. The summed E-state index contributed by atoms with van der Waals surface area (Å²) in [6.45, 7) is 0.868. The number of fused-ring (bicyclic) bond motifs is 1. The van der Waals surface area contributed by atoms with E-state index in [1.807, 2.05) is 0 Å².